The maximum absolute atomic E-state index is 12.1. The van der Waals surface area contributed by atoms with Crippen LogP contribution in [0.15, 0.2) is 0 Å². The Bertz CT molecular complexity index is 249. The minimum Gasteiger partial charge on any atom is -0.381 e. The lowest BCUT2D eigenvalue weighted by Crippen LogP contribution is -2.40. The molecule has 0 N–H and O–H groups in total. The Balaban J connectivity index is 1.91. The third kappa shape index (κ3) is 2.89. The molecule has 0 aromatic heterocycles. The lowest BCUT2D eigenvalue weighted by atomic mass is 10.1. The van der Waals surface area contributed by atoms with Crippen LogP contribution in [0, 0.1) is 11.8 Å². The van der Waals surface area contributed by atoms with E-state index in [4.69, 9.17) is 16.3 Å². The maximum atomic E-state index is 12.1. The van der Waals surface area contributed by atoms with E-state index in [0.717, 1.165) is 39.0 Å². The van der Waals surface area contributed by atoms with Crippen LogP contribution in [-0.2, 0) is 9.53 Å². The van der Waals surface area contributed by atoms with Crippen LogP contribution in [0.5, 0.6) is 0 Å². The molecule has 1 saturated carbocycles. The fourth-order valence-electron chi connectivity index (χ4n) is 2.16. The maximum Gasteiger partial charge on any atom is 0.226 e. The van der Waals surface area contributed by atoms with Gasteiger partial charge in [-0.15, -0.1) is 11.6 Å². The number of nitrogens with zero attached hydrogens (tertiary/aromatic N) is 1. The van der Waals surface area contributed by atoms with Crippen LogP contribution >= 0.6 is 11.6 Å². The summed E-state index contributed by atoms with van der Waals surface area (Å²) < 4.78 is 5.36. The Morgan fingerprint density at radius 3 is 2.75 bits per heavy atom. The van der Waals surface area contributed by atoms with Crippen molar-refractivity contribution in [1.29, 1.82) is 0 Å². The highest BCUT2D eigenvalue weighted by molar-refractivity contribution is 6.19. The Hall–Kier alpha value is -0.280. The monoisotopic (exact) mass is 245 g/mol. The molecule has 3 nitrogen and oxygen atoms in total. The number of hydrogen-bond donors (Lipinski definition) is 0. The summed E-state index contributed by atoms with van der Waals surface area (Å²) in [6.07, 6.45) is 3.41. The van der Waals surface area contributed by atoms with Gasteiger partial charge in [-0.05, 0) is 19.3 Å². The molecule has 16 heavy (non-hydrogen) atoms. The van der Waals surface area contributed by atoms with Gasteiger partial charge in [0.2, 0.25) is 5.91 Å². The first-order chi connectivity index (χ1) is 7.72. The van der Waals surface area contributed by atoms with Crippen LogP contribution in [-0.4, -0.2) is 42.5 Å². The molecule has 2 aliphatic rings. The van der Waals surface area contributed by atoms with Crippen LogP contribution in [0.3, 0.4) is 0 Å². The van der Waals surface area contributed by atoms with Gasteiger partial charge < -0.3 is 9.64 Å². The molecule has 1 aliphatic heterocycles. The molecule has 1 saturated heterocycles. The van der Waals surface area contributed by atoms with E-state index in [1.54, 1.807) is 0 Å². The van der Waals surface area contributed by atoms with Crippen LogP contribution in [0.1, 0.15) is 26.2 Å². The molecule has 0 radical (unpaired) electrons. The third-order valence-corrected chi connectivity index (χ3v) is 3.87. The summed E-state index contributed by atoms with van der Waals surface area (Å²) in [5, 5.41) is 0. The number of carbonyl (C=O) groups excluding carboxylic acids is 1. The Morgan fingerprint density at radius 2 is 2.25 bits per heavy atom. The van der Waals surface area contributed by atoms with E-state index in [2.05, 4.69) is 0 Å². The highest BCUT2D eigenvalue weighted by Crippen LogP contribution is 2.30. The van der Waals surface area contributed by atoms with E-state index < -0.39 is 0 Å². The molecule has 92 valence electrons. The highest BCUT2D eigenvalue weighted by Gasteiger charge is 2.36. The molecule has 0 aromatic carbocycles. The molecule has 2 atom stereocenters. The molecule has 0 bridgehead atoms. The van der Waals surface area contributed by atoms with E-state index in [0.29, 0.717) is 17.8 Å². The lowest BCUT2D eigenvalue weighted by Gasteiger charge is -2.27. The summed E-state index contributed by atoms with van der Waals surface area (Å²) in [5.74, 6) is 1.13. The van der Waals surface area contributed by atoms with Crippen molar-refractivity contribution in [2.24, 2.45) is 11.8 Å². The number of rotatable bonds is 5. The van der Waals surface area contributed by atoms with Crippen molar-refractivity contribution in [2.45, 2.75) is 32.2 Å². The number of alkyl halides is 1. The van der Waals surface area contributed by atoms with E-state index in [-0.39, 0.29) is 11.8 Å². The van der Waals surface area contributed by atoms with Crippen LogP contribution < -0.4 is 0 Å². The first-order valence-electron chi connectivity index (χ1n) is 6.16. The molecule has 4 heteroatoms. The first kappa shape index (κ1) is 12.2. The largest absolute Gasteiger partial charge is 0.381 e. The Kier molecular flexibility index (Phi) is 4.09. The number of carbonyl (C=O) groups is 1. The van der Waals surface area contributed by atoms with E-state index in [1.807, 2.05) is 11.8 Å². The lowest BCUT2D eigenvalue weighted by molar-refractivity contribution is -0.135. The average Bonchev–Trinajstić information content (AvgIpc) is 3.01. The fourth-order valence-corrected chi connectivity index (χ4v) is 2.29. The van der Waals surface area contributed by atoms with Gasteiger partial charge >= 0.3 is 0 Å². The zero-order valence-electron chi connectivity index (χ0n) is 9.82. The molecule has 2 unspecified atom stereocenters. The summed E-state index contributed by atoms with van der Waals surface area (Å²) in [6, 6.07) is 0.485. The number of halogens is 1. The summed E-state index contributed by atoms with van der Waals surface area (Å²) in [4.78, 5) is 14.2. The minimum absolute atomic E-state index is 0.0513. The van der Waals surface area contributed by atoms with Gasteiger partial charge in [0.15, 0.2) is 0 Å². The topological polar surface area (TPSA) is 29.5 Å². The second-order valence-corrected chi connectivity index (χ2v) is 5.32. The van der Waals surface area contributed by atoms with Crippen LogP contribution in [0.4, 0.5) is 0 Å². The SMILES string of the molecule is CC(CCl)C(=O)N(CC1CCOC1)C1CC1. The van der Waals surface area contributed by atoms with Crippen molar-refractivity contribution < 1.29 is 9.53 Å². The summed E-state index contributed by atoms with van der Waals surface area (Å²) in [5.41, 5.74) is 0. The summed E-state index contributed by atoms with van der Waals surface area (Å²) >= 11 is 5.76. The Labute approximate surface area is 102 Å². The predicted octanol–water partition coefficient (Wildman–Crippen LogP) is 1.89. The first-order valence-corrected chi connectivity index (χ1v) is 6.70. The molecule has 0 spiro atoms. The molecule has 1 aliphatic carbocycles. The number of ether oxygens (including phenoxy) is 1. The van der Waals surface area contributed by atoms with Crippen LogP contribution in [0.25, 0.3) is 0 Å². The second-order valence-electron chi connectivity index (χ2n) is 5.01. The summed E-state index contributed by atoms with van der Waals surface area (Å²) in [6.45, 7) is 4.44. The minimum atomic E-state index is -0.0513. The average molecular weight is 246 g/mol. The smallest absolute Gasteiger partial charge is 0.226 e. The number of hydrogen-bond acceptors (Lipinski definition) is 2. The molecule has 0 aromatic rings. The predicted molar refractivity (Wildman–Crippen MR) is 63.5 cm³/mol. The summed E-state index contributed by atoms with van der Waals surface area (Å²) in [7, 11) is 0. The number of amides is 1. The fraction of sp³-hybridized carbons (Fsp3) is 0.917. The van der Waals surface area contributed by atoms with Crippen molar-refractivity contribution in [3.05, 3.63) is 0 Å². The van der Waals surface area contributed by atoms with Crippen LogP contribution in [0.2, 0.25) is 0 Å². The van der Waals surface area contributed by atoms with E-state index in [9.17, 15) is 4.79 Å². The van der Waals surface area contributed by atoms with Gasteiger partial charge in [-0.2, -0.15) is 0 Å². The van der Waals surface area contributed by atoms with Gasteiger partial charge in [0.25, 0.3) is 0 Å². The molecule has 1 heterocycles. The van der Waals surface area contributed by atoms with Gasteiger partial charge in [0.1, 0.15) is 0 Å². The van der Waals surface area contributed by atoms with Gasteiger partial charge in [-0.25, -0.2) is 0 Å². The van der Waals surface area contributed by atoms with Crippen molar-refractivity contribution in [3.63, 3.8) is 0 Å². The van der Waals surface area contributed by atoms with Crippen molar-refractivity contribution in [2.75, 3.05) is 25.6 Å². The zero-order chi connectivity index (χ0) is 11.5. The van der Waals surface area contributed by atoms with Crippen molar-refractivity contribution >= 4 is 17.5 Å². The molecule has 2 fully saturated rings. The zero-order valence-corrected chi connectivity index (χ0v) is 10.6. The molecular formula is C12H20ClNO2. The standard InChI is InChI=1S/C12H20ClNO2/c1-9(6-13)12(15)14(11-2-3-11)7-10-4-5-16-8-10/h9-11H,2-8H2,1H3. The molecular weight excluding hydrogens is 226 g/mol. The van der Waals surface area contributed by atoms with Crippen molar-refractivity contribution in [3.8, 4) is 0 Å². The van der Waals surface area contributed by atoms with E-state index in [1.165, 1.54) is 0 Å². The third-order valence-electron chi connectivity index (χ3n) is 3.40. The quantitative estimate of drug-likeness (QED) is 0.693. The Morgan fingerprint density at radius 1 is 1.50 bits per heavy atom. The second kappa shape index (κ2) is 5.37. The van der Waals surface area contributed by atoms with Gasteiger partial charge in [-0.3, -0.25) is 4.79 Å². The van der Waals surface area contributed by atoms with Gasteiger partial charge in [0.05, 0.1) is 6.61 Å². The normalized spacial score (nSPS) is 26.8. The van der Waals surface area contributed by atoms with Gasteiger partial charge in [0, 0.05) is 36.9 Å². The molecule has 1 amide bonds. The van der Waals surface area contributed by atoms with Crippen molar-refractivity contribution in [1.82, 2.24) is 4.90 Å². The van der Waals surface area contributed by atoms with Gasteiger partial charge in [-0.1, -0.05) is 6.92 Å². The highest BCUT2D eigenvalue weighted by atomic mass is 35.5. The van der Waals surface area contributed by atoms with E-state index >= 15 is 0 Å². The molecule has 2 rings (SSSR count).